The van der Waals surface area contributed by atoms with Crippen molar-refractivity contribution < 1.29 is 4.74 Å². The van der Waals surface area contributed by atoms with E-state index >= 15 is 0 Å². The van der Waals surface area contributed by atoms with Gasteiger partial charge in [-0.05, 0) is 37.6 Å². The van der Waals surface area contributed by atoms with Crippen molar-refractivity contribution in [1.82, 2.24) is 9.38 Å². The van der Waals surface area contributed by atoms with E-state index in [0.717, 1.165) is 23.5 Å². The Morgan fingerprint density at radius 1 is 1.17 bits per heavy atom. The number of pyridine rings is 1. The van der Waals surface area contributed by atoms with E-state index in [1.165, 1.54) is 0 Å². The molecule has 0 aliphatic heterocycles. The molecule has 0 aliphatic carbocycles. The molecule has 5 nitrogen and oxygen atoms in total. The number of aryl methyl sites for hydroxylation is 1. The topological polar surface area (TPSA) is 51.2 Å². The van der Waals surface area contributed by atoms with Crippen molar-refractivity contribution in [2.45, 2.75) is 20.3 Å². The van der Waals surface area contributed by atoms with Crippen LogP contribution in [-0.2, 0) is 0 Å². The predicted molar refractivity (Wildman–Crippen MR) is 91.3 cm³/mol. The highest BCUT2D eigenvalue weighted by Crippen LogP contribution is 2.30. The van der Waals surface area contributed by atoms with Gasteiger partial charge in [-0.25, -0.2) is 4.98 Å². The van der Waals surface area contributed by atoms with Crippen molar-refractivity contribution in [2.75, 3.05) is 6.61 Å². The minimum absolute atomic E-state index is 0.623. The molecule has 0 saturated carbocycles. The Balaban J connectivity index is 1.97. The van der Waals surface area contributed by atoms with E-state index in [-0.39, 0.29) is 0 Å². The maximum atomic E-state index is 6.06. The Morgan fingerprint density at radius 2 is 2.00 bits per heavy atom. The van der Waals surface area contributed by atoms with Gasteiger partial charge in [0.05, 0.1) is 17.3 Å². The average Bonchev–Trinajstić information content (AvgIpc) is 2.86. The van der Waals surface area contributed by atoms with Gasteiger partial charge in [0, 0.05) is 6.20 Å². The van der Waals surface area contributed by atoms with Crippen LogP contribution >= 0.6 is 11.6 Å². The maximum Gasteiger partial charge on any atom is 0.182 e. The zero-order valence-corrected chi connectivity index (χ0v) is 13.8. The van der Waals surface area contributed by atoms with Gasteiger partial charge in [0.1, 0.15) is 17.1 Å². The van der Waals surface area contributed by atoms with Gasteiger partial charge < -0.3 is 4.74 Å². The summed E-state index contributed by atoms with van der Waals surface area (Å²) in [6.45, 7) is 4.61. The number of rotatable bonds is 5. The zero-order valence-electron chi connectivity index (χ0n) is 13.0. The lowest BCUT2D eigenvalue weighted by molar-refractivity contribution is 0.318. The van der Waals surface area contributed by atoms with Crippen LogP contribution in [0.5, 0.6) is 5.75 Å². The number of halogens is 1. The van der Waals surface area contributed by atoms with Crippen LogP contribution < -0.4 is 4.74 Å². The third kappa shape index (κ3) is 3.35. The summed E-state index contributed by atoms with van der Waals surface area (Å²) in [4.78, 5) is 4.46. The molecule has 3 aromatic rings. The third-order valence-electron chi connectivity index (χ3n) is 3.30. The van der Waals surface area contributed by atoms with Crippen LogP contribution in [0, 0.1) is 6.92 Å². The van der Waals surface area contributed by atoms with Crippen molar-refractivity contribution in [1.29, 1.82) is 0 Å². The van der Waals surface area contributed by atoms with Crippen LogP contribution in [0.25, 0.3) is 5.65 Å². The number of benzene rings is 1. The summed E-state index contributed by atoms with van der Waals surface area (Å²) < 4.78 is 7.53. The highest BCUT2D eigenvalue weighted by molar-refractivity contribution is 6.30. The van der Waals surface area contributed by atoms with E-state index < -0.39 is 0 Å². The smallest absolute Gasteiger partial charge is 0.182 e. The minimum Gasteiger partial charge on any atom is -0.491 e. The molecule has 0 amide bonds. The molecule has 0 atom stereocenters. The van der Waals surface area contributed by atoms with Gasteiger partial charge in [0.25, 0.3) is 0 Å². The van der Waals surface area contributed by atoms with E-state index in [9.17, 15) is 0 Å². The molecule has 118 valence electrons. The van der Waals surface area contributed by atoms with E-state index in [2.05, 4.69) is 22.1 Å². The number of para-hydroxylation sites is 1. The van der Waals surface area contributed by atoms with Gasteiger partial charge in [0.2, 0.25) is 0 Å². The Hall–Kier alpha value is -2.40. The lowest BCUT2D eigenvalue weighted by atomic mass is 10.3. The molecule has 3 rings (SSSR count). The van der Waals surface area contributed by atoms with Gasteiger partial charge in [-0.3, -0.25) is 4.40 Å². The van der Waals surface area contributed by atoms with Crippen molar-refractivity contribution in [3.05, 3.63) is 53.3 Å². The first-order valence-electron chi connectivity index (χ1n) is 7.47. The molecular weight excluding hydrogens is 312 g/mol. The monoisotopic (exact) mass is 328 g/mol. The van der Waals surface area contributed by atoms with Crippen LogP contribution in [0.15, 0.2) is 52.8 Å². The van der Waals surface area contributed by atoms with Crippen LogP contribution in [0.2, 0.25) is 5.02 Å². The van der Waals surface area contributed by atoms with Crippen molar-refractivity contribution in [3.8, 4) is 5.75 Å². The lowest BCUT2D eigenvalue weighted by Crippen LogP contribution is -1.94. The molecule has 0 spiro atoms. The first-order valence-corrected chi connectivity index (χ1v) is 7.84. The molecule has 0 fully saturated rings. The molecule has 1 aromatic carbocycles. The number of imidazole rings is 1. The van der Waals surface area contributed by atoms with Gasteiger partial charge in [-0.1, -0.05) is 30.7 Å². The molecule has 0 N–H and O–H groups in total. The van der Waals surface area contributed by atoms with E-state index in [0.29, 0.717) is 23.1 Å². The van der Waals surface area contributed by atoms with E-state index in [1.54, 1.807) is 12.3 Å². The highest BCUT2D eigenvalue weighted by atomic mass is 35.5. The number of ether oxygens (including phenoxy) is 1. The van der Waals surface area contributed by atoms with Crippen molar-refractivity contribution >= 4 is 28.8 Å². The minimum atomic E-state index is 0.623. The summed E-state index contributed by atoms with van der Waals surface area (Å²) in [5.41, 5.74) is 2.27. The Bertz CT molecular complexity index is 857. The second-order valence-corrected chi connectivity index (χ2v) is 5.55. The molecule has 23 heavy (non-hydrogen) atoms. The van der Waals surface area contributed by atoms with Crippen LogP contribution in [0.4, 0.5) is 11.5 Å². The quantitative estimate of drug-likeness (QED) is 0.580. The van der Waals surface area contributed by atoms with Crippen LogP contribution in [0.3, 0.4) is 0 Å². The summed E-state index contributed by atoms with van der Waals surface area (Å²) in [7, 11) is 0. The van der Waals surface area contributed by atoms with Gasteiger partial charge in [-0.15, -0.1) is 10.2 Å². The summed E-state index contributed by atoms with van der Waals surface area (Å²) in [5.74, 6) is 1.38. The fourth-order valence-corrected chi connectivity index (χ4v) is 2.38. The first kappa shape index (κ1) is 15.5. The second-order valence-electron chi connectivity index (χ2n) is 5.11. The first-order chi connectivity index (χ1) is 11.2. The summed E-state index contributed by atoms with van der Waals surface area (Å²) >= 11 is 6.06. The Labute approximate surface area is 139 Å². The molecule has 0 radical (unpaired) electrons. The molecule has 2 heterocycles. The standard InChI is InChI=1S/C17H17ClN4O/c1-3-10-23-15-7-5-4-6-14(15)20-21-17-12(2)19-16-9-8-13(18)11-22(16)17/h4-9,11H,3,10H2,1-2H3. The molecule has 2 aromatic heterocycles. The number of nitrogens with zero attached hydrogens (tertiary/aromatic N) is 4. The number of hydrogen-bond donors (Lipinski definition) is 0. The molecule has 6 heteroatoms. The number of fused-ring (bicyclic) bond motifs is 1. The van der Waals surface area contributed by atoms with Gasteiger partial charge in [0.15, 0.2) is 5.82 Å². The van der Waals surface area contributed by atoms with Gasteiger partial charge in [-0.2, -0.15) is 0 Å². The van der Waals surface area contributed by atoms with Crippen molar-refractivity contribution in [2.24, 2.45) is 10.2 Å². The fraction of sp³-hybridized carbons (Fsp3) is 0.235. The predicted octanol–water partition coefficient (Wildman–Crippen LogP) is 5.50. The molecule has 0 saturated heterocycles. The summed E-state index contributed by atoms with van der Waals surface area (Å²) in [6.07, 6.45) is 2.72. The highest BCUT2D eigenvalue weighted by Gasteiger charge is 2.09. The number of azo groups is 1. The lowest BCUT2D eigenvalue weighted by Gasteiger charge is -2.06. The normalized spacial score (nSPS) is 11.4. The largest absolute Gasteiger partial charge is 0.491 e. The van der Waals surface area contributed by atoms with Gasteiger partial charge >= 0.3 is 0 Å². The van der Waals surface area contributed by atoms with E-state index in [4.69, 9.17) is 16.3 Å². The SMILES string of the molecule is CCCOc1ccccc1N=Nc1c(C)nc2ccc(Cl)cn12. The number of hydrogen-bond acceptors (Lipinski definition) is 4. The maximum absolute atomic E-state index is 6.06. The summed E-state index contributed by atoms with van der Waals surface area (Å²) in [5, 5.41) is 9.32. The fourth-order valence-electron chi connectivity index (χ4n) is 2.22. The van der Waals surface area contributed by atoms with Crippen LogP contribution in [-0.4, -0.2) is 16.0 Å². The van der Waals surface area contributed by atoms with E-state index in [1.807, 2.05) is 41.7 Å². The molecule has 0 bridgehead atoms. The average molecular weight is 329 g/mol. The molecule has 0 unspecified atom stereocenters. The zero-order chi connectivity index (χ0) is 16.2. The second kappa shape index (κ2) is 6.79. The summed E-state index contributed by atoms with van der Waals surface area (Å²) in [6, 6.07) is 11.3. The van der Waals surface area contributed by atoms with Crippen LogP contribution in [0.1, 0.15) is 19.0 Å². The third-order valence-corrected chi connectivity index (χ3v) is 3.53. The Morgan fingerprint density at radius 3 is 2.83 bits per heavy atom. The molecular formula is C17H17ClN4O. The number of aromatic nitrogens is 2. The Kier molecular flexibility index (Phi) is 4.57. The molecule has 0 aliphatic rings. The van der Waals surface area contributed by atoms with Crippen molar-refractivity contribution in [3.63, 3.8) is 0 Å².